The van der Waals surface area contributed by atoms with E-state index < -0.39 is 11.9 Å². The van der Waals surface area contributed by atoms with E-state index in [0.717, 1.165) is 11.8 Å². The second-order valence-electron chi connectivity index (χ2n) is 3.55. The number of carbonyl (C=O) groups excluding carboxylic acids is 2. The molecule has 2 aromatic rings. The predicted molar refractivity (Wildman–Crippen MR) is 72.6 cm³/mol. The minimum Gasteiger partial charge on any atom is -0.351 e. The molecular formula is C10H9ClN6O2S. The maximum absolute atomic E-state index is 11.3. The average Bonchev–Trinajstić information content (AvgIpc) is 2.85. The molecule has 1 aromatic carbocycles. The molecular weight excluding hydrogens is 304 g/mol. The van der Waals surface area contributed by atoms with E-state index in [1.165, 1.54) is 4.68 Å². The molecule has 0 aliphatic heterocycles. The number of urea groups is 1. The van der Waals surface area contributed by atoms with Crippen molar-refractivity contribution in [2.24, 2.45) is 5.73 Å². The van der Waals surface area contributed by atoms with Gasteiger partial charge in [0.1, 0.15) is 0 Å². The van der Waals surface area contributed by atoms with Gasteiger partial charge in [0.25, 0.3) is 0 Å². The Morgan fingerprint density at radius 3 is 2.70 bits per heavy atom. The van der Waals surface area contributed by atoms with E-state index in [0.29, 0.717) is 15.9 Å². The molecule has 10 heteroatoms. The molecule has 8 nitrogen and oxygen atoms in total. The highest BCUT2D eigenvalue weighted by Crippen LogP contribution is 2.19. The van der Waals surface area contributed by atoms with Crippen LogP contribution in [0.25, 0.3) is 5.69 Å². The van der Waals surface area contributed by atoms with E-state index in [1.807, 2.05) is 5.32 Å². The first-order valence-corrected chi connectivity index (χ1v) is 6.69. The first kappa shape index (κ1) is 14.3. The Bertz CT molecular complexity index is 629. The Hall–Kier alpha value is -2.13. The number of nitrogens with one attached hydrogen (secondary N) is 1. The maximum atomic E-state index is 11.3. The van der Waals surface area contributed by atoms with Crippen LogP contribution in [-0.4, -0.2) is 37.9 Å². The van der Waals surface area contributed by atoms with Crippen LogP contribution in [0, 0.1) is 0 Å². The highest BCUT2D eigenvalue weighted by Gasteiger charge is 2.12. The normalized spacial score (nSPS) is 10.2. The van der Waals surface area contributed by atoms with Crippen molar-refractivity contribution in [3.05, 3.63) is 29.3 Å². The van der Waals surface area contributed by atoms with Crippen molar-refractivity contribution in [2.75, 3.05) is 5.75 Å². The van der Waals surface area contributed by atoms with Gasteiger partial charge in [-0.2, -0.15) is 4.68 Å². The minimum atomic E-state index is -0.895. The van der Waals surface area contributed by atoms with Crippen LogP contribution in [0.1, 0.15) is 0 Å². The molecule has 0 saturated carbocycles. The minimum absolute atomic E-state index is 0.0309. The second-order valence-corrected chi connectivity index (χ2v) is 4.93. The van der Waals surface area contributed by atoms with Gasteiger partial charge in [-0.25, -0.2) is 4.79 Å². The van der Waals surface area contributed by atoms with Crippen LogP contribution in [0.15, 0.2) is 29.4 Å². The molecule has 1 heterocycles. The zero-order valence-electron chi connectivity index (χ0n) is 9.99. The van der Waals surface area contributed by atoms with Crippen molar-refractivity contribution in [2.45, 2.75) is 5.16 Å². The van der Waals surface area contributed by atoms with Crippen molar-refractivity contribution in [1.29, 1.82) is 0 Å². The molecule has 0 spiro atoms. The van der Waals surface area contributed by atoms with Crippen LogP contribution in [-0.2, 0) is 4.79 Å². The summed E-state index contributed by atoms with van der Waals surface area (Å²) in [6.45, 7) is 0. The van der Waals surface area contributed by atoms with Gasteiger partial charge in [-0.3, -0.25) is 10.1 Å². The van der Waals surface area contributed by atoms with Gasteiger partial charge in [-0.15, -0.1) is 5.10 Å². The second kappa shape index (κ2) is 6.35. The van der Waals surface area contributed by atoms with Crippen molar-refractivity contribution in [3.8, 4) is 5.69 Å². The number of rotatable bonds is 4. The zero-order valence-corrected chi connectivity index (χ0v) is 11.6. The van der Waals surface area contributed by atoms with Crippen LogP contribution in [0.3, 0.4) is 0 Å². The molecule has 1 aromatic heterocycles. The molecule has 0 unspecified atom stereocenters. The summed E-state index contributed by atoms with van der Waals surface area (Å²) in [5.41, 5.74) is 5.55. The van der Waals surface area contributed by atoms with Crippen LogP contribution < -0.4 is 11.1 Å². The monoisotopic (exact) mass is 312 g/mol. The fraction of sp³-hybridized carbons (Fsp3) is 0.100. The van der Waals surface area contributed by atoms with E-state index in [4.69, 9.17) is 17.3 Å². The van der Waals surface area contributed by atoms with Crippen LogP contribution in [0.5, 0.6) is 0 Å². The number of halogens is 1. The number of hydrogen-bond donors (Lipinski definition) is 2. The molecule has 0 fully saturated rings. The standard InChI is InChI=1S/C10H9ClN6O2S/c11-6-1-3-7(4-2-6)17-10(14-15-16-17)20-5-8(18)13-9(12)19/h1-4H,5H2,(H3,12,13,18,19). The van der Waals surface area contributed by atoms with Gasteiger partial charge in [0.15, 0.2) is 0 Å². The van der Waals surface area contributed by atoms with E-state index in [-0.39, 0.29) is 5.75 Å². The summed E-state index contributed by atoms with van der Waals surface area (Å²) in [5.74, 6) is -0.551. The molecule has 0 saturated heterocycles. The SMILES string of the molecule is NC(=O)NC(=O)CSc1nnnn1-c1ccc(Cl)cc1. The molecule has 0 bridgehead atoms. The third-order valence-electron chi connectivity index (χ3n) is 2.11. The zero-order chi connectivity index (χ0) is 14.5. The lowest BCUT2D eigenvalue weighted by Crippen LogP contribution is -2.36. The summed E-state index contributed by atoms with van der Waals surface area (Å²) < 4.78 is 1.46. The Balaban J connectivity index is 2.07. The maximum Gasteiger partial charge on any atom is 0.318 e. The lowest BCUT2D eigenvalue weighted by Gasteiger charge is -2.04. The third kappa shape index (κ3) is 3.68. The number of tetrazole rings is 1. The lowest BCUT2D eigenvalue weighted by atomic mass is 10.3. The highest BCUT2D eigenvalue weighted by molar-refractivity contribution is 7.99. The van der Waals surface area contributed by atoms with E-state index in [1.54, 1.807) is 24.3 Å². The first-order valence-electron chi connectivity index (χ1n) is 5.32. The van der Waals surface area contributed by atoms with Crippen molar-refractivity contribution in [3.63, 3.8) is 0 Å². The number of amides is 3. The summed E-state index contributed by atoms with van der Waals surface area (Å²) in [4.78, 5) is 21.8. The quantitative estimate of drug-likeness (QED) is 0.799. The van der Waals surface area contributed by atoms with E-state index in [9.17, 15) is 9.59 Å². The van der Waals surface area contributed by atoms with Gasteiger partial charge in [0.2, 0.25) is 11.1 Å². The third-order valence-corrected chi connectivity index (χ3v) is 3.28. The molecule has 104 valence electrons. The number of carbonyl (C=O) groups is 2. The van der Waals surface area contributed by atoms with Crippen LogP contribution >= 0.6 is 23.4 Å². The van der Waals surface area contributed by atoms with Gasteiger partial charge >= 0.3 is 6.03 Å². The Morgan fingerprint density at radius 2 is 2.05 bits per heavy atom. The number of benzene rings is 1. The summed E-state index contributed by atoms with van der Waals surface area (Å²) in [7, 11) is 0. The molecule has 20 heavy (non-hydrogen) atoms. The van der Waals surface area contributed by atoms with Gasteiger partial charge in [-0.1, -0.05) is 23.4 Å². The van der Waals surface area contributed by atoms with E-state index in [2.05, 4.69) is 15.5 Å². The van der Waals surface area contributed by atoms with Gasteiger partial charge in [-0.05, 0) is 34.7 Å². The number of nitrogens with two attached hydrogens (primary N) is 1. The highest BCUT2D eigenvalue weighted by atomic mass is 35.5. The van der Waals surface area contributed by atoms with Gasteiger partial charge < -0.3 is 5.73 Å². The predicted octanol–water partition coefficient (Wildman–Crippen LogP) is 0.603. The first-order chi connectivity index (χ1) is 9.56. The molecule has 2 rings (SSSR count). The Kier molecular flexibility index (Phi) is 4.53. The van der Waals surface area contributed by atoms with Crippen LogP contribution in [0.2, 0.25) is 5.02 Å². The number of aromatic nitrogens is 4. The van der Waals surface area contributed by atoms with Crippen molar-refractivity contribution >= 4 is 35.3 Å². The topological polar surface area (TPSA) is 116 Å². The smallest absolute Gasteiger partial charge is 0.318 e. The molecule has 0 aliphatic carbocycles. The van der Waals surface area contributed by atoms with Gasteiger partial charge in [0.05, 0.1) is 11.4 Å². The van der Waals surface area contributed by atoms with Gasteiger partial charge in [0, 0.05) is 5.02 Å². The summed E-state index contributed by atoms with van der Waals surface area (Å²) in [5, 5.41) is 14.1. The number of primary amides is 1. The molecule has 0 atom stereocenters. The Morgan fingerprint density at radius 1 is 1.35 bits per heavy atom. The van der Waals surface area contributed by atoms with Crippen molar-refractivity contribution < 1.29 is 9.59 Å². The fourth-order valence-corrected chi connectivity index (χ4v) is 2.13. The number of imide groups is 1. The number of hydrogen-bond acceptors (Lipinski definition) is 6. The summed E-state index contributed by atoms with van der Waals surface area (Å²) >= 11 is 6.88. The molecule has 3 N–H and O–H groups in total. The fourth-order valence-electron chi connectivity index (χ4n) is 1.32. The van der Waals surface area contributed by atoms with Crippen LogP contribution in [0.4, 0.5) is 4.79 Å². The largest absolute Gasteiger partial charge is 0.351 e. The van der Waals surface area contributed by atoms with Crippen molar-refractivity contribution in [1.82, 2.24) is 25.5 Å². The molecule has 3 amide bonds. The summed E-state index contributed by atoms with van der Waals surface area (Å²) in [6.07, 6.45) is 0. The lowest BCUT2D eigenvalue weighted by molar-refractivity contribution is -0.117. The summed E-state index contributed by atoms with van der Waals surface area (Å²) in [6, 6.07) is 5.99. The van der Waals surface area contributed by atoms with E-state index >= 15 is 0 Å². The molecule has 0 radical (unpaired) electrons. The Labute approximate surface area is 122 Å². The number of nitrogens with zero attached hydrogens (tertiary/aromatic N) is 4. The average molecular weight is 313 g/mol. The number of thioether (sulfide) groups is 1. The molecule has 0 aliphatic rings.